The average Bonchev–Trinajstić information content (AvgIpc) is 2.30. The predicted molar refractivity (Wildman–Crippen MR) is 70.5 cm³/mol. The summed E-state index contributed by atoms with van der Waals surface area (Å²) in [4.78, 5) is 32.5. The minimum atomic E-state index is -1.02. The molecule has 0 fully saturated rings. The third kappa shape index (κ3) is 8.86. The van der Waals surface area contributed by atoms with Crippen molar-refractivity contribution < 1.29 is 19.5 Å². The van der Waals surface area contributed by atoms with Crippen LogP contribution in [0.25, 0.3) is 0 Å². The van der Waals surface area contributed by atoms with Crippen molar-refractivity contribution in [1.82, 2.24) is 10.6 Å². The van der Waals surface area contributed by atoms with Crippen molar-refractivity contribution in [2.45, 2.75) is 32.2 Å². The van der Waals surface area contributed by atoms with E-state index in [4.69, 9.17) is 5.11 Å². The number of carbonyl (C=O) groups excluding carboxylic acids is 2. The van der Waals surface area contributed by atoms with Gasteiger partial charge in [-0.15, -0.1) is 0 Å². The van der Waals surface area contributed by atoms with E-state index in [0.717, 1.165) is 12.2 Å². The Morgan fingerprint density at radius 1 is 1.28 bits per heavy atom. The number of rotatable bonds is 9. The fourth-order valence-electron chi connectivity index (χ4n) is 1.27. The highest BCUT2D eigenvalue weighted by atomic mass is 32.2. The number of carboxylic acid groups (broad SMARTS) is 1. The zero-order chi connectivity index (χ0) is 14.0. The Morgan fingerprint density at radius 2 is 1.94 bits per heavy atom. The molecule has 18 heavy (non-hydrogen) atoms. The van der Waals surface area contributed by atoms with Gasteiger partial charge in [-0.05, 0) is 24.3 Å². The van der Waals surface area contributed by atoms with Gasteiger partial charge >= 0.3 is 5.97 Å². The van der Waals surface area contributed by atoms with E-state index in [1.165, 1.54) is 6.92 Å². The maximum absolute atomic E-state index is 10.9. The van der Waals surface area contributed by atoms with Gasteiger partial charge in [-0.3, -0.25) is 9.59 Å². The molecule has 0 radical (unpaired) electrons. The van der Waals surface area contributed by atoms with Crippen LogP contribution < -0.4 is 10.6 Å². The Balaban J connectivity index is 3.64. The van der Waals surface area contributed by atoms with Gasteiger partial charge in [0, 0.05) is 20.4 Å². The molecule has 1 unspecified atom stereocenters. The van der Waals surface area contributed by atoms with Crippen molar-refractivity contribution in [3.05, 3.63) is 0 Å². The van der Waals surface area contributed by atoms with Gasteiger partial charge in [0.05, 0.1) is 0 Å². The molecule has 104 valence electrons. The van der Waals surface area contributed by atoms with Gasteiger partial charge in [0.15, 0.2) is 0 Å². The Bertz CT molecular complexity index is 297. The molecule has 0 saturated carbocycles. The molecule has 2 amide bonds. The molecule has 0 aliphatic heterocycles. The van der Waals surface area contributed by atoms with Crippen molar-refractivity contribution in [1.29, 1.82) is 0 Å². The standard InChI is InChI=1S/C11H20N2O4S/c1-8(14)13-9(11(16)17)5-7-18-6-3-4-10(15)12-2/h9H,3-7H2,1-2H3,(H,12,15)(H,13,14)(H,16,17). The third-order valence-corrected chi connectivity index (χ3v) is 3.30. The predicted octanol–water partition coefficient (Wildman–Crippen LogP) is 0.225. The first kappa shape index (κ1) is 16.8. The Morgan fingerprint density at radius 3 is 2.44 bits per heavy atom. The van der Waals surface area contributed by atoms with Crippen LogP contribution in [0.15, 0.2) is 0 Å². The van der Waals surface area contributed by atoms with E-state index in [1.54, 1.807) is 18.8 Å². The lowest BCUT2D eigenvalue weighted by Gasteiger charge is -2.12. The molecular formula is C11H20N2O4S. The summed E-state index contributed by atoms with van der Waals surface area (Å²) in [6.45, 7) is 1.30. The molecule has 1 atom stereocenters. The van der Waals surface area contributed by atoms with Crippen LogP contribution in [0.3, 0.4) is 0 Å². The van der Waals surface area contributed by atoms with E-state index in [-0.39, 0.29) is 11.8 Å². The molecule has 0 aromatic heterocycles. The van der Waals surface area contributed by atoms with Gasteiger partial charge in [-0.25, -0.2) is 4.79 Å². The lowest BCUT2D eigenvalue weighted by atomic mass is 10.2. The van der Waals surface area contributed by atoms with Gasteiger partial charge in [-0.2, -0.15) is 11.8 Å². The molecule has 0 aliphatic rings. The van der Waals surface area contributed by atoms with E-state index in [1.807, 2.05) is 0 Å². The summed E-state index contributed by atoms with van der Waals surface area (Å²) < 4.78 is 0. The molecule has 0 spiro atoms. The maximum Gasteiger partial charge on any atom is 0.326 e. The zero-order valence-electron chi connectivity index (χ0n) is 10.7. The van der Waals surface area contributed by atoms with Crippen molar-refractivity contribution in [2.24, 2.45) is 0 Å². The number of carbonyl (C=O) groups is 3. The summed E-state index contributed by atoms with van der Waals surface area (Å²) in [5.74, 6) is 0.102. The molecule has 0 aromatic carbocycles. The Hall–Kier alpha value is -1.24. The van der Waals surface area contributed by atoms with Gasteiger partial charge in [0.1, 0.15) is 6.04 Å². The minimum absolute atomic E-state index is 0.0114. The van der Waals surface area contributed by atoms with E-state index in [2.05, 4.69) is 10.6 Å². The van der Waals surface area contributed by atoms with Crippen LogP contribution in [0.4, 0.5) is 0 Å². The first-order valence-electron chi connectivity index (χ1n) is 5.75. The number of hydrogen-bond acceptors (Lipinski definition) is 4. The molecule has 0 heterocycles. The Kier molecular flexibility index (Phi) is 9.08. The van der Waals surface area contributed by atoms with Crippen LogP contribution in [-0.4, -0.2) is 47.5 Å². The van der Waals surface area contributed by atoms with Gasteiger partial charge < -0.3 is 15.7 Å². The second kappa shape index (κ2) is 9.76. The van der Waals surface area contributed by atoms with Crippen LogP contribution in [-0.2, 0) is 14.4 Å². The summed E-state index contributed by atoms with van der Waals surface area (Å²) in [6.07, 6.45) is 1.64. The molecule has 3 N–H and O–H groups in total. The second-order valence-electron chi connectivity index (χ2n) is 3.77. The third-order valence-electron chi connectivity index (χ3n) is 2.20. The largest absolute Gasteiger partial charge is 0.480 e. The number of carboxylic acids is 1. The number of amides is 2. The van der Waals surface area contributed by atoms with E-state index in [0.29, 0.717) is 18.6 Å². The van der Waals surface area contributed by atoms with E-state index >= 15 is 0 Å². The van der Waals surface area contributed by atoms with Crippen LogP contribution in [0.5, 0.6) is 0 Å². The first-order valence-corrected chi connectivity index (χ1v) is 6.91. The van der Waals surface area contributed by atoms with Gasteiger partial charge in [0.2, 0.25) is 11.8 Å². The minimum Gasteiger partial charge on any atom is -0.480 e. The van der Waals surface area contributed by atoms with Gasteiger partial charge in [-0.1, -0.05) is 0 Å². The molecule has 0 rings (SSSR count). The lowest BCUT2D eigenvalue weighted by molar-refractivity contribution is -0.141. The van der Waals surface area contributed by atoms with Crippen LogP contribution in [0.2, 0.25) is 0 Å². The van der Waals surface area contributed by atoms with E-state index in [9.17, 15) is 14.4 Å². The zero-order valence-corrected chi connectivity index (χ0v) is 11.5. The topological polar surface area (TPSA) is 95.5 Å². The summed E-state index contributed by atoms with van der Waals surface area (Å²) in [5, 5.41) is 13.8. The highest BCUT2D eigenvalue weighted by Gasteiger charge is 2.17. The number of thioether (sulfide) groups is 1. The van der Waals surface area contributed by atoms with Crippen molar-refractivity contribution in [3.8, 4) is 0 Å². The lowest BCUT2D eigenvalue weighted by Crippen LogP contribution is -2.39. The molecular weight excluding hydrogens is 256 g/mol. The molecule has 0 aliphatic carbocycles. The number of aliphatic carboxylic acids is 1. The SMILES string of the molecule is CNC(=O)CCCSCCC(NC(C)=O)C(=O)O. The molecule has 6 nitrogen and oxygen atoms in total. The van der Waals surface area contributed by atoms with Crippen LogP contribution >= 0.6 is 11.8 Å². The normalized spacial score (nSPS) is 11.7. The summed E-state index contributed by atoms with van der Waals surface area (Å²) in [7, 11) is 1.60. The summed E-state index contributed by atoms with van der Waals surface area (Å²) in [5.41, 5.74) is 0. The molecule has 0 aromatic rings. The van der Waals surface area contributed by atoms with Crippen molar-refractivity contribution in [2.75, 3.05) is 18.6 Å². The Labute approximate surface area is 111 Å². The maximum atomic E-state index is 10.9. The molecule has 0 bridgehead atoms. The summed E-state index contributed by atoms with van der Waals surface area (Å²) >= 11 is 1.58. The first-order chi connectivity index (χ1) is 8.47. The number of nitrogens with one attached hydrogen (secondary N) is 2. The van der Waals surface area contributed by atoms with Crippen LogP contribution in [0.1, 0.15) is 26.2 Å². The van der Waals surface area contributed by atoms with Gasteiger partial charge in [0.25, 0.3) is 0 Å². The number of hydrogen-bond donors (Lipinski definition) is 3. The quantitative estimate of drug-likeness (QED) is 0.524. The van der Waals surface area contributed by atoms with Crippen molar-refractivity contribution >= 4 is 29.5 Å². The highest BCUT2D eigenvalue weighted by molar-refractivity contribution is 7.99. The highest BCUT2D eigenvalue weighted by Crippen LogP contribution is 2.08. The molecule has 7 heteroatoms. The average molecular weight is 276 g/mol. The summed E-state index contributed by atoms with van der Waals surface area (Å²) in [6, 6.07) is -0.825. The molecule has 0 saturated heterocycles. The second-order valence-corrected chi connectivity index (χ2v) is 4.99. The fraction of sp³-hybridized carbons (Fsp3) is 0.727. The fourth-order valence-corrected chi connectivity index (χ4v) is 2.22. The monoisotopic (exact) mass is 276 g/mol. The smallest absolute Gasteiger partial charge is 0.326 e. The van der Waals surface area contributed by atoms with E-state index < -0.39 is 12.0 Å². The van der Waals surface area contributed by atoms with Crippen LogP contribution in [0, 0.1) is 0 Å². The van der Waals surface area contributed by atoms with Crippen molar-refractivity contribution in [3.63, 3.8) is 0 Å².